The van der Waals surface area contributed by atoms with Crippen LogP contribution >= 0.6 is 22.7 Å². The number of rotatable bonds is 14. The van der Waals surface area contributed by atoms with Crippen LogP contribution in [0.2, 0.25) is 0 Å². The smallest absolute Gasteiger partial charge is 0.325 e. The van der Waals surface area contributed by atoms with Crippen molar-refractivity contribution in [1.82, 2.24) is 20.4 Å². The van der Waals surface area contributed by atoms with Gasteiger partial charge in [-0.05, 0) is 31.0 Å². The number of benzene rings is 2. The van der Waals surface area contributed by atoms with Gasteiger partial charge in [0.25, 0.3) is 0 Å². The Bertz CT molecular complexity index is 1400. The summed E-state index contributed by atoms with van der Waals surface area (Å²) in [6, 6.07) is 10.1. The lowest BCUT2D eigenvalue weighted by atomic mass is 10.1. The summed E-state index contributed by atoms with van der Waals surface area (Å²) in [4.78, 5) is 25.0. The van der Waals surface area contributed by atoms with E-state index in [1.165, 1.54) is 36.9 Å². The molecule has 13 nitrogen and oxygen atoms in total. The second kappa shape index (κ2) is 14.9. The quantitative estimate of drug-likeness (QED) is 0.168. The van der Waals surface area contributed by atoms with Gasteiger partial charge in [-0.25, -0.2) is 4.79 Å². The maximum atomic E-state index is 12.6. The van der Waals surface area contributed by atoms with Crippen molar-refractivity contribution in [3.63, 3.8) is 0 Å². The van der Waals surface area contributed by atoms with Crippen molar-refractivity contribution in [2.45, 2.75) is 32.1 Å². The van der Waals surface area contributed by atoms with Crippen LogP contribution in [0.4, 0.5) is 20.7 Å². The molecule has 2 aromatic heterocycles. The van der Waals surface area contributed by atoms with Crippen molar-refractivity contribution < 1.29 is 28.5 Å². The van der Waals surface area contributed by atoms with E-state index in [-0.39, 0.29) is 12.3 Å². The fourth-order valence-corrected chi connectivity index (χ4v) is 5.60. The van der Waals surface area contributed by atoms with Crippen LogP contribution in [0, 0.1) is 0 Å². The highest BCUT2D eigenvalue weighted by Crippen LogP contribution is 2.35. The first-order valence-electron chi connectivity index (χ1n) is 12.9. The number of hydrogen-bond donors (Lipinski definition) is 3. The maximum Gasteiger partial charge on any atom is 0.325 e. The molecule has 3 N–H and O–H groups in total. The molecule has 4 rings (SSSR count). The molecule has 0 saturated heterocycles. The summed E-state index contributed by atoms with van der Waals surface area (Å²) in [6.07, 6.45) is 3.23. The summed E-state index contributed by atoms with van der Waals surface area (Å²) in [5, 5.41) is 27.2. The molecule has 0 fully saturated rings. The zero-order chi connectivity index (χ0) is 29.9. The van der Waals surface area contributed by atoms with Crippen molar-refractivity contribution >= 4 is 50.6 Å². The number of amides is 3. The molecule has 42 heavy (non-hydrogen) atoms. The molecule has 0 saturated carbocycles. The van der Waals surface area contributed by atoms with Gasteiger partial charge in [0.15, 0.2) is 23.0 Å². The van der Waals surface area contributed by atoms with Crippen LogP contribution in [0.3, 0.4) is 0 Å². The lowest BCUT2D eigenvalue weighted by Crippen LogP contribution is -2.19. The van der Waals surface area contributed by atoms with E-state index >= 15 is 0 Å². The van der Waals surface area contributed by atoms with Crippen LogP contribution in [0.1, 0.15) is 28.4 Å². The van der Waals surface area contributed by atoms with Crippen molar-refractivity contribution in [3.05, 3.63) is 52.0 Å². The monoisotopic (exact) mass is 613 g/mol. The summed E-state index contributed by atoms with van der Waals surface area (Å²) in [5.41, 5.74) is 1.18. The Morgan fingerprint density at radius 1 is 0.690 bits per heavy atom. The maximum absolute atomic E-state index is 12.6. The molecule has 0 atom stereocenters. The predicted octanol–water partition coefficient (Wildman–Crippen LogP) is 4.81. The van der Waals surface area contributed by atoms with Crippen LogP contribution in [-0.4, -0.2) is 60.8 Å². The van der Waals surface area contributed by atoms with Gasteiger partial charge in [0.05, 0.1) is 40.5 Å². The van der Waals surface area contributed by atoms with Gasteiger partial charge in [0.2, 0.25) is 16.2 Å². The van der Waals surface area contributed by atoms with Gasteiger partial charge in [-0.1, -0.05) is 40.9 Å². The van der Waals surface area contributed by atoms with Crippen LogP contribution in [0.15, 0.2) is 36.4 Å². The summed E-state index contributed by atoms with van der Waals surface area (Å²) >= 11 is 2.66. The third-order valence-corrected chi connectivity index (χ3v) is 7.72. The minimum atomic E-state index is -0.467. The first kappa shape index (κ1) is 30.5. The average molecular weight is 614 g/mol. The number of anilines is 3. The number of ether oxygens (including phenoxy) is 4. The van der Waals surface area contributed by atoms with Gasteiger partial charge in [0.1, 0.15) is 10.0 Å². The number of hydrogen-bond acceptors (Lipinski definition) is 12. The van der Waals surface area contributed by atoms with Crippen LogP contribution < -0.4 is 34.9 Å². The zero-order valence-electron chi connectivity index (χ0n) is 23.6. The number of para-hydroxylation sites is 2. The van der Waals surface area contributed by atoms with E-state index in [2.05, 4.69) is 36.3 Å². The predicted molar refractivity (Wildman–Crippen MR) is 161 cm³/mol. The molecule has 15 heteroatoms. The standard InChI is InChI=1S/C27H31N7O6S2/c1-37-18-11-7-9-16(23(18)39-3)15-20(35)29-26-33-31-21(41-26)13-5-6-14-22-32-34-27(42-22)30-25(36)28-17-10-8-12-19(38-2)24(17)40-4/h7-12H,5-6,13-15H2,1-4H3,(H,29,33,35)(H2,28,30,34,36). The van der Waals surface area contributed by atoms with E-state index in [0.29, 0.717) is 57.4 Å². The van der Waals surface area contributed by atoms with Gasteiger partial charge in [-0.15, -0.1) is 20.4 Å². The van der Waals surface area contributed by atoms with E-state index in [1.54, 1.807) is 38.5 Å². The molecule has 3 amide bonds. The molecule has 0 aliphatic heterocycles. The van der Waals surface area contributed by atoms with Gasteiger partial charge >= 0.3 is 6.03 Å². The fraction of sp³-hybridized carbons (Fsp3) is 0.333. The van der Waals surface area contributed by atoms with E-state index < -0.39 is 6.03 Å². The first-order valence-corrected chi connectivity index (χ1v) is 14.5. The lowest BCUT2D eigenvalue weighted by molar-refractivity contribution is -0.115. The number of aryl methyl sites for hydroxylation is 2. The molecule has 0 spiro atoms. The fourth-order valence-electron chi connectivity index (χ4n) is 4.03. The van der Waals surface area contributed by atoms with E-state index in [0.717, 1.165) is 22.9 Å². The molecule has 2 aromatic carbocycles. The Labute approximate surface area is 250 Å². The highest BCUT2D eigenvalue weighted by atomic mass is 32.1. The molecule has 0 bridgehead atoms. The van der Waals surface area contributed by atoms with E-state index in [9.17, 15) is 9.59 Å². The Morgan fingerprint density at radius 2 is 1.26 bits per heavy atom. The number of urea groups is 1. The van der Waals surface area contributed by atoms with Crippen molar-refractivity contribution in [2.24, 2.45) is 0 Å². The number of methoxy groups -OCH3 is 4. The highest BCUT2D eigenvalue weighted by Gasteiger charge is 2.16. The first-order chi connectivity index (χ1) is 20.4. The average Bonchev–Trinajstić information content (AvgIpc) is 3.63. The third kappa shape index (κ3) is 8.04. The highest BCUT2D eigenvalue weighted by molar-refractivity contribution is 7.15. The minimum Gasteiger partial charge on any atom is -0.493 e. The molecular formula is C27H31N7O6S2. The molecule has 222 valence electrons. The zero-order valence-corrected chi connectivity index (χ0v) is 25.2. The SMILES string of the molecule is COc1cccc(CC(=O)Nc2nnc(CCCCc3nnc(NC(=O)Nc4cccc(OC)c4OC)s3)s2)c1OC. The second-order valence-corrected chi connectivity index (χ2v) is 10.8. The largest absolute Gasteiger partial charge is 0.493 e. The van der Waals surface area contributed by atoms with E-state index in [1.807, 2.05) is 12.1 Å². The van der Waals surface area contributed by atoms with Crippen molar-refractivity contribution in [1.29, 1.82) is 0 Å². The number of nitrogens with zero attached hydrogens (tertiary/aromatic N) is 4. The minimum absolute atomic E-state index is 0.116. The Kier molecular flexibility index (Phi) is 10.8. The summed E-state index contributed by atoms with van der Waals surface area (Å²) in [6.45, 7) is 0. The molecule has 0 aliphatic carbocycles. The van der Waals surface area contributed by atoms with Gasteiger partial charge in [-0.3, -0.25) is 10.1 Å². The van der Waals surface area contributed by atoms with Crippen molar-refractivity contribution in [2.75, 3.05) is 44.4 Å². The summed E-state index contributed by atoms with van der Waals surface area (Å²) in [7, 11) is 6.12. The van der Waals surface area contributed by atoms with Crippen LogP contribution in [0.5, 0.6) is 23.0 Å². The normalized spacial score (nSPS) is 10.6. The number of nitrogens with one attached hydrogen (secondary N) is 3. The Hall–Kier alpha value is -4.50. The molecule has 0 radical (unpaired) electrons. The second-order valence-electron chi connectivity index (χ2n) is 8.71. The number of carbonyl (C=O) groups excluding carboxylic acids is 2. The molecule has 0 aliphatic rings. The van der Waals surface area contributed by atoms with Crippen LogP contribution in [-0.2, 0) is 24.1 Å². The summed E-state index contributed by atoms with van der Waals surface area (Å²) < 4.78 is 21.3. The molecule has 4 aromatic rings. The molecule has 0 unspecified atom stereocenters. The number of carbonyl (C=O) groups is 2. The third-order valence-electron chi connectivity index (χ3n) is 5.92. The van der Waals surface area contributed by atoms with Gasteiger partial charge in [0, 0.05) is 18.4 Å². The van der Waals surface area contributed by atoms with Gasteiger partial charge in [-0.2, -0.15) is 0 Å². The topological polar surface area (TPSA) is 159 Å². The molecular weight excluding hydrogens is 582 g/mol. The summed E-state index contributed by atoms with van der Waals surface area (Å²) in [5.74, 6) is 1.81. The number of unbranched alkanes of at least 4 members (excludes halogenated alkanes) is 1. The van der Waals surface area contributed by atoms with Crippen molar-refractivity contribution in [3.8, 4) is 23.0 Å². The van der Waals surface area contributed by atoms with Gasteiger partial charge < -0.3 is 29.6 Å². The van der Waals surface area contributed by atoms with E-state index in [4.69, 9.17) is 18.9 Å². The lowest BCUT2D eigenvalue weighted by Gasteiger charge is -2.13. The molecule has 2 heterocycles. The Balaban J connectivity index is 1.19. The number of aromatic nitrogens is 4. The van der Waals surface area contributed by atoms with Crippen LogP contribution in [0.25, 0.3) is 0 Å². The Morgan fingerprint density at radius 3 is 1.86 bits per heavy atom.